The summed E-state index contributed by atoms with van der Waals surface area (Å²) in [5, 5.41) is 19.0. The molecule has 0 aliphatic carbocycles. The predicted octanol–water partition coefficient (Wildman–Crippen LogP) is -1.34. The van der Waals surface area contributed by atoms with Crippen LogP contribution in [0.3, 0.4) is 0 Å². The van der Waals surface area contributed by atoms with Crippen LogP contribution in [0.15, 0.2) is 0 Å². The minimum absolute atomic E-state index is 0. The fourth-order valence-electron chi connectivity index (χ4n) is 0.407. The maximum Gasteiger partial charge on any atom is 2.00 e. The molecule has 0 saturated heterocycles. The van der Waals surface area contributed by atoms with Crippen LogP contribution in [0.1, 0.15) is 40.0 Å². The molecule has 0 aliphatic heterocycles. The smallest absolute Gasteiger partial charge is 0.550 e. The maximum atomic E-state index is 9.83. The number of Topliss-reactive ketones (excluding diaryl/α,β-unsaturated/α-hetero) is 2. The van der Waals surface area contributed by atoms with Gasteiger partial charge < -0.3 is 26.7 Å². The summed E-state index contributed by atoms with van der Waals surface area (Å²) < 4.78 is 0. The molecule has 0 spiro atoms. The average Bonchev–Trinajstić information content (AvgIpc) is 1.99. The van der Waals surface area contributed by atoms with Crippen molar-refractivity contribution in [3.63, 3.8) is 0 Å². The molecule has 0 aliphatic rings. The summed E-state index contributed by atoms with van der Waals surface area (Å²) in [6.45, 7) is 7.91. The quantitative estimate of drug-likeness (QED) is 0.360. The van der Waals surface area contributed by atoms with Crippen molar-refractivity contribution in [2.75, 3.05) is 0 Å². The van der Waals surface area contributed by atoms with Gasteiger partial charge in [0, 0.05) is 24.8 Å². The summed E-state index contributed by atoms with van der Waals surface area (Å²) in [7, 11) is 0. The number of carboxylic acids is 2. The van der Waals surface area contributed by atoms with Crippen molar-refractivity contribution in [3.05, 3.63) is 6.92 Å². The molecule has 0 bridgehead atoms. The molecule has 100 valence electrons. The molecule has 0 aromatic rings. The van der Waals surface area contributed by atoms with Crippen LogP contribution in [0.25, 0.3) is 0 Å². The molecule has 6 nitrogen and oxygen atoms in total. The Morgan fingerprint density at radius 1 is 0.889 bits per heavy atom. The Bertz CT molecular complexity index is 212. The van der Waals surface area contributed by atoms with Gasteiger partial charge in [-0.3, -0.25) is 9.59 Å². The van der Waals surface area contributed by atoms with Gasteiger partial charge in [0.2, 0.25) is 0 Å². The Morgan fingerprint density at radius 2 is 1.06 bits per heavy atom. The maximum absolute atomic E-state index is 9.83. The first-order chi connectivity index (χ1) is 7.67. The number of carboxylic acid groups (broad SMARTS) is 2. The van der Waals surface area contributed by atoms with Gasteiger partial charge in [0.15, 0.2) is 0 Å². The van der Waals surface area contributed by atoms with Gasteiger partial charge >= 0.3 is 19.5 Å². The summed E-state index contributed by atoms with van der Waals surface area (Å²) in [4.78, 5) is 38.6. The zero-order valence-electron chi connectivity index (χ0n) is 11.0. The van der Waals surface area contributed by atoms with E-state index in [1.54, 1.807) is 0 Å². The van der Waals surface area contributed by atoms with Gasteiger partial charge in [-0.1, -0.05) is 6.92 Å². The van der Waals surface area contributed by atoms with Crippen molar-refractivity contribution in [3.8, 4) is 0 Å². The first-order valence-electron chi connectivity index (χ1n) is 4.85. The van der Waals surface area contributed by atoms with E-state index in [1.807, 2.05) is 6.92 Å². The molecule has 0 saturated carbocycles. The van der Waals surface area contributed by atoms with Crippen LogP contribution in [0, 0.1) is 6.92 Å². The summed E-state index contributed by atoms with van der Waals surface area (Å²) in [6, 6.07) is 0. The molecule has 18 heavy (non-hydrogen) atoms. The standard InChI is InChI=1S/2C4H6O3.C3H7.Zn/c2*1-3(5)2-4(6)7;1-3-2;/h2*2H2,1H3,(H,6,7);1,3H2,2H3;/q;;-1;+2/p-2. The third kappa shape index (κ3) is 60.5. The van der Waals surface area contributed by atoms with Crippen LogP contribution in [0.5, 0.6) is 0 Å². The number of rotatable bonds is 4. The van der Waals surface area contributed by atoms with E-state index in [9.17, 15) is 29.4 Å². The van der Waals surface area contributed by atoms with Crippen LogP contribution >= 0.6 is 0 Å². The zero-order valence-corrected chi connectivity index (χ0v) is 14.0. The van der Waals surface area contributed by atoms with Gasteiger partial charge in [-0.05, 0) is 13.8 Å². The number of carbonyl (C=O) groups excluding carboxylic acids is 4. The molecule has 0 radical (unpaired) electrons. The number of hydrogen-bond acceptors (Lipinski definition) is 6. The first kappa shape index (κ1) is 25.7. The Kier molecular flexibility index (Phi) is 26.1. The first-order valence-corrected chi connectivity index (χ1v) is 4.85. The van der Waals surface area contributed by atoms with E-state index in [4.69, 9.17) is 0 Å². The van der Waals surface area contributed by atoms with Crippen LogP contribution in [-0.4, -0.2) is 23.5 Å². The van der Waals surface area contributed by atoms with Gasteiger partial charge in [-0.25, -0.2) is 0 Å². The van der Waals surface area contributed by atoms with E-state index >= 15 is 0 Å². The fraction of sp³-hybridized carbons (Fsp3) is 0.545. The number of carbonyl (C=O) groups is 4. The van der Waals surface area contributed by atoms with Gasteiger partial charge in [-0.15, -0.1) is 0 Å². The number of ketones is 2. The van der Waals surface area contributed by atoms with E-state index in [0.717, 1.165) is 6.42 Å². The molecule has 0 rings (SSSR count). The second-order valence-corrected chi connectivity index (χ2v) is 3.00. The molecular formula is C11H17O6Zn-. The Morgan fingerprint density at radius 3 is 1.06 bits per heavy atom. The van der Waals surface area contributed by atoms with E-state index in [1.165, 1.54) is 13.8 Å². The van der Waals surface area contributed by atoms with Gasteiger partial charge in [-0.2, -0.15) is 6.42 Å². The second-order valence-electron chi connectivity index (χ2n) is 3.00. The Balaban J connectivity index is -0.0000000857. The molecule has 0 atom stereocenters. The van der Waals surface area contributed by atoms with Crippen molar-refractivity contribution in [1.29, 1.82) is 0 Å². The van der Waals surface area contributed by atoms with Crippen molar-refractivity contribution in [1.82, 2.24) is 0 Å². The Labute approximate surface area is 120 Å². The monoisotopic (exact) mass is 309 g/mol. The third-order valence-electron chi connectivity index (χ3n) is 0.787. The number of hydrogen-bond donors (Lipinski definition) is 0. The molecular weight excluding hydrogens is 294 g/mol. The average molecular weight is 311 g/mol. The van der Waals surface area contributed by atoms with E-state index < -0.39 is 24.8 Å². The molecule has 0 aromatic heterocycles. The van der Waals surface area contributed by atoms with Crippen molar-refractivity contribution >= 4 is 23.5 Å². The zero-order chi connectivity index (χ0) is 14.4. The third-order valence-corrected chi connectivity index (χ3v) is 0.787. The minimum atomic E-state index is -1.31. The summed E-state index contributed by atoms with van der Waals surface area (Å²) >= 11 is 0. The molecule has 7 heteroatoms. The van der Waals surface area contributed by atoms with Gasteiger partial charge in [0.25, 0.3) is 0 Å². The van der Waals surface area contributed by atoms with Gasteiger partial charge in [0.05, 0.1) is 0 Å². The second kappa shape index (κ2) is 18.3. The van der Waals surface area contributed by atoms with E-state index in [2.05, 4.69) is 6.92 Å². The van der Waals surface area contributed by atoms with Crippen LogP contribution in [0.2, 0.25) is 0 Å². The Hall–Kier alpha value is -1.10. The predicted molar refractivity (Wildman–Crippen MR) is 56.3 cm³/mol. The SMILES string of the molecule is CC(=O)CC(=O)[O-].CC(=O)CC(=O)[O-].[CH2-]CC.[Zn+2]. The van der Waals surface area contributed by atoms with Crippen molar-refractivity contribution in [2.24, 2.45) is 0 Å². The molecule has 0 heterocycles. The number of aliphatic carboxylic acids is 2. The molecule has 0 fully saturated rings. The van der Waals surface area contributed by atoms with Gasteiger partial charge in [0.1, 0.15) is 11.6 Å². The van der Waals surface area contributed by atoms with Crippen molar-refractivity contribution < 1.29 is 48.9 Å². The normalized spacial score (nSPS) is 7.33. The van der Waals surface area contributed by atoms with Crippen LogP contribution in [-0.2, 0) is 38.7 Å². The van der Waals surface area contributed by atoms with Crippen LogP contribution < -0.4 is 10.2 Å². The molecule has 0 unspecified atom stereocenters. The van der Waals surface area contributed by atoms with Crippen molar-refractivity contribution in [2.45, 2.75) is 40.0 Å². The van der Waals surface area contributed by atoms with E-state index in [-0.39, 0.29) is 31.0 Å². The minimum Gasteiger partial charge on any atom is -0.550 e. The molecule has 0 aromatic carbocycles. The topological polar surface area (TPSA) is 114 Å². The van der Waals surface area contributed by atoms with E-state index in [0.29, 0.717) is 0 Å². The summed E-state index contributed by atoms with van der Waals surface area (Å²) in [5.41, 5.74) is 0. The van der Waals surface area contributed by atoms with Crippen LogP contribution in [0.4, 0.5) is 0 Å². The molecule has 0 amide bonds. The summed E-state index contributed by atoms with van der Waals surface area (Å²) in [6.07, 6.45) is 0.0556. The largest absolute Gasteiger partial charge is 2.00 e. The molecule has 0 N–H and O–H groups in total. The fourth-order valence-corrected chi connectivity index (χ4v) is 0.407. The summed E-state index contributed by atoms with van der Waals surface area (Å²) in [5.74, 6) is -3.37.